The predicted molar refractivity (Wildman–Crippen MR) is 79.4 cm³/mol. The van der Waals surface area contributed by atoms with Crippen molar-refractivity contribution >= 4 is 5.91 Å². The van der Waals surface area contributed by atoms with Crippen molar-refractivity contribution in [3.63, 3.8) is 0 Å². The van der Waals surface area contributed by atoms with Gasteiger partial charge in [0.2, 0.25) is 5.91 Å². The monoisotopic (exact) mass is 276 g/mol. The Labute approximate surface area is 120 Å². The van der Waals surface area contributed by atoms with E-state index in [1.807, 2.05) is 30.3 Å². The van der Waals surface area contributed by atoms with Crippen LogP contribution in [0.3, 0.4) is 0 Å². The first-order valence-electron chi connectivity index (χ1n) is 7.31. The van der Waals surface area contributed by atoms with Crippen molar-refractivity contribution in [1.82, 2.24) is 10.6 Å². The number of aliphatic hydroxyl groups excluding tert-OH is 1. The molecule has 0 bridgehead atoms. The SMILES string of the molecule is CC(C)C(C(=O)NCC1CNCC1O)c1ccccc1. The Kier molecular flexibility index (Phi) is 5.15. The van der Waals surface area contributed by atoms with Gasteiger partial charge in [-0.05, 0) is 11.5 Å². The summed E-state index contributed by atoms with van der Waals surface area (Å²) >= 11 is 0. The van der Waals surface area contributed by atoms with E-state index in [-0.39, 0.29) is 29.8 Å². The lowest BCUT2D eigenvalue weighted by molar-refractivity contribution is -0.123. The van der Waals surface area contributed by atoms with Crippen LogP contribution >= 0.6 is 0 Å². The number of amides is 1. The summed E-state index contributed by atoms with van der Waals surface area (Å²) in [5, 5.41) is 15.9. The molecule has 1 saturated heterocycles. The van der Waals surface area contributed by atoms with Gasteiger partial charge in [0.25, 0.3) is 0 Å². The summed E-state index contributed by atoms with van der Waals surface area (Å²) in [6.45, 7) is 6.03. The maximum absolute atomic E-state index is 12.4. The number of rotatable bonds is 5. The van der Waals surface area contributed by atoms with Gasteiger partial charge in [0, 0.05) is 25.6 Å². The second-order valence-corrected chi connectivity index (χ2v) is 5.86. The average molecular weight is 276 g/mol. The molecule has 3 unspecified atom stereocenters. The Morgan fingerprint density at radius 2 is 2.05 bits per heavy atom. The molecule has 3 atom stereocenters. The van der Waals surface area contributed by atoms with Gasteiger partial charge in [-0.2, -0.15) is 0 Å². The fourth-order valence-electron chi connectivity index (χ4n) is 2.77. The van der Waals surface area contributed by atoms with Gasteiger partial charge in [0.1, 0.15) is 0 Å². The van der Waals surface area contributed by atoms with Crippen LogP contribution in [-0.4, -0.2) is 36.8 Å². The molecule has 1 aromatic rings. The first-order valence-corrected chi connectivity index (χ1v) is 7.31. The molecule has 1 heterocycles. The lowest BCUT2D eigenvalue weighted by Gasteiger charge is -2.22. The van der Waals surface area contributed by atoms with Crippen molar-refractivity contribution in [1.29, 1.82) is 0 Å². The molecule has 1 amide bonds. The molecular formula is C16H24N2O2. The molecule has 4 heteroatoms. The highest BCUT2D eigenvalue weighted by Crippen LogP contribution is 2.24. The lowest BCUT2D eigenvalue weighted by atomic mass is 9.87. The van der Waals surface area contributed by atoms with Crippen LogP contribution in [0, 0.1) is 11.8 Å². The van der Waals surface area contributed by atoms with E-state index in [1.165, 1.54) is 0 Å². The molecule has 0 spiro atoms. The van der Waals surface area contributed by atoms with E-state index in [0.717, 1.165) is 12.1 Å². The van der Waals surface area contributed by atoms with E-state index < -0.39 is 0 Å². The van der Waals surface area contributed by atoms with E-state index in [0.29, 0.717) is 13.1 Å². The zero-order chi connectivity index (χ0) is 14.5. The number of nitrogens with one attached hydrogen (secondary N) is 2. The van der Waals surface area contributed by atoms with Gasteiger partial charge < -0.3 is 15.7 Å². The Morgan fingerprint density at radius 3 is 2.60 bits per heavy atom. The van der Waals surface area contributed by atoms with Crippen LogP contribution in [0.5, 0.6) is 0 Å². The fourth-order valence-corrected chi connectivity index (χ4v) is 2.77. The summed E-state index contributed by atoms with van der Waals surface area (Å²) in [5.41, 5.74) is 1.05. The second-order valence-electron chi connectivity index (χ2n) is 5.86. The summed E-state index contributed by atoms with van der Waals surface area (Å²) < 4.78 is 0. The van der Waals surface area contributed by atoms with E-state index in [1.54, 1.807) is 0 Å². The third-order valence-corrected chi connectivity index (χ3v) is 3.95. The highest BCUT2D eigenvalue weighted by Gasteiger charge is 2.28. The maximum atomic E-state index is 12.4. The summed E-state index contributed by atoms with van der Waals surface area (Å²) in [7, 11) is 0. The van der Waals surface area contributed by atoms with Gasteiger partial charge in [-0.1, -0.05) is 44.2 Å². The van der Waals surface area contributed by atoms with E-state index in [2.05, 4.69) is 24.5 Å². The molecule has 3 N–H and O–H groups in total. The van der Waals surface area contributed by atoms with E-state index >= 15 is 0 Å². The van der Waals surface area contributed by atoms with Crippen LogP contribution in [0.25, 0.3) is 0 Å². The molecule has 0 radical (unpaired) electrons. The van der Waals surface area contributed by atoms with Crippen LogP contribution < -0.4 is 10.6 Å². The third kappa shape index (κ3) is 3.58. The fraction of sp³-hybridized carbons (Fsp3) is 0.562. The van der Waals surface area contributed by atoms with Gasteiger partial charge >= 0.3 is 0 Å². The predicted octanol–water partition coefficient (Wildman–Crippen LogP) is 1.12. The number of carbonyl (C=O) groups excluding carboxylic acids is 1. The number of hydrogen-bond acceptors (Lipinski definition) is 3. The highest BCUT2D eigenvalue weighted by molar-refractivity contribution is 5.83. The second kappa shape index (κ2) is 6.86. The molecule has 1 aliphatic heterocycles. The number of carbonyl (C=O) groups is 1. The van der Waals surface area contributed by atoms with Gasteiger partial charge in [-0.3, -0.25) is 4.79 Å². The van der Waals surface area contributed by atoms with Crippen LogP contribution in [0.1, 0.15) is 25.3 Å². The Bertz CT molecular complexity index is 433. The minimum Gasteiger partial charge on any atom is -0.391 e. The minimum absolute atomic E-state index is 0.0466. The molecule has 0 aromatic heterocycles. The summed E-state index contributed by atoms with van der Waals surface area (Å²) in [6, 6.07) is 9.87. The Balaban J connectivity index is 1.97. The van der Waals surface area contributed by atoms with Gasteiger partial charge in [0.05, 0.1) is 12.0 Å². The summed E-state index contributed by atoms with van der Waals surface area (Å²) in [4.78, 5) is 12.4. The van der Waals surface area contributed by atoms with Gasteiger partial charge in [0.15, 0.2) is 0 Å². The molecule has 110 valence electrons. The Morgan fingerprint density at radius 1 is 1.35 bits per heavy atom. The normalized spacial score (nSPS) is 23.8. The zero-order valence-electron chi connectivity index (χ0n) is 12.2. The maximum Gasteiger partial charge on any atom is 0.227 e. The van der Waals surface area contributed by atoms with Crippen LogP contribution in [0.4, 0.5) is 0 Å². The smallest absolute Gasteiger partial charge is 0.227 e. The van der Waals surface area contributed by atoms with Crippen molar-refractivity contribution in [2.75, 3.05) is 19.6 Å². The van der Waals surface area contributed by atoms with Crippen molar-refractivity contribution in [3.05, 3.63) is 35.9 Å². The molecule has 1 fully saturated rings. The number of β-amino-alcohol motifs (C(OH)–C–C–N with tert-alkyl or cyclic N) is 1. The topological polar surface area (TPSA) is 61.4 Å². The highest BCUT2D eigenvalue weighted by atomic mass is 16.3. The summed E-state index contributed by atoms with van der Waals surface area (Å²) in [5.74, 6) is 0.263. The summed E-state index contributed by atoms with van der Waals surface area (Å²) in [6.07, 6.45) is -0.357. The number of aliphatic hydroxyl groups is 1. The quantitative estimate of drug-likeness (QED) is 0.755. The molecule has 0 aliphatic carbocycles. The van der Waals surface area contributed by atoms with Gasteiger partial charge in [-0.15, -0.1) is 0 Å². The standard InChI is InChI=1S/C16H24N2O2/c1-11(2)15(12-6-4-3-5-7-12)16(20)18-9-13-8-17-10-14(13)19/h3-7,11,13-15,17,19H,8-10H2,1-2H3,(H,18,20). The average Bonchev–Trinajstić information content (AvgIpc) is 2.83. The van der Waals surface area contributed by atoms with Crippen LogP contribution in [0.2, 0.25) is 0 Å². The lowest BCUT2D eigenvalue weighted by Crippen LogP contribution is -2.38. The van der Waals surface area contributed by atoms with E-state index in [9.17, 15) is 9.90 Å². The van der Waals surface area contributed by atoms with Crippen molar-refractivity contribution in [3.8, 4) is 0 Å². The molecule has 2 rings (SSSR count). The molecule has 20 heavy (non-hydrogen) atoms. The molecule has 4 nitrogen and oxygen atoms in total. The van der Waals surface area contributed by atoms with Crippen LogP contribution in [-0.2, 0) is 4.79 Å². The molecular weight excluding hydrogens is 252 g/mol. The minimum atomic E-state index is -0.357. The number of hydrogen-bond donors (Lipinski definition) is 3. The largest absolute Gasteiger partial charge is 0.391 e. The van der Waals surface area contributed by atoms with Crippen molar-refractivity contribution in [2.24, 2.45) is 11.8 Å². The molecule has 1 aliphatic rings. The third-order valence-electron chi connectivity index (χ3n) is 3.95. The van der Waals surface area contributed by atoms with Crippen LogP contribution in [0.15, 0.2) is 30.3 Å². The molecule has 0 saturated carbocycles. The zero-order valence-corrected chi connectivity index (χ0v) is 12.2. The van der Waals surface area contributed by atoms with Crippen molar-refractivity contribution < 1.29 is 9.90 Å². The van der Waals surface area contributed by atoms with E-state index in [4.69, 9.17) is 0 Å². The molecule has 1 aromatic carbocycles. The first kappa shape index (κ1) is 15.0. The van der Waals surface area contributed by atoms with Crippen molar-refractivity contribution in [2.45, 2.75) is 25.9 Å². The Hall–Kier alpha value is -1.39. The first-order chi connectivity index (χ1) is 9.59. The van der Waals surface area contributed by atoms with Gasteiger partial charge in [-0.25, -0.2) is 0 Å². The number of benzene rings is 1.